The standard InChI is InChI=1S/C16H20N4O2S/c1-13(8-14-10-17-12-18-11-14)15-2-3-19-16(9-15)20-4-6-23(21,22)7-5-20/h2-3,9-13H,4-8H2,1H3/t13-/m0/s1. The number of rotatable bonds is 4. The monoisotopic (exact) mass is 332 g/mol. The van der Waals surface area contributed by atoms with Crippen molar-refractivity contribution in [3.05, 3.63) is 48.2 Å². The van der Waals surface area contributed by atoms with E-state index in [1.54, 1.807) is 6.20 Å². The molecule has 0 radical (unpaired) electrons. The highest BCUT2D eigenvalue weighted by Crippen LogP contribution is 2.23. The van der Waals surface area contributed by atoms with Gasteiger partial charge in [0.25, 0.3) is 0 Å². The number of hydrogen-bond acceptors (Lipinski definition) is 6. The first kappa shape index (κ1) is 15.9. The summed E-state index contributed by atoms with van der Waals surface area (Å²) >= 11 is 0. The number of nitrogens with zero attached hydrogens (tertiary/aromatic N) is 4. The van der Waals surface area contributed by atoms with Crippen LogP contribution in [-0.4, -0.2) is 48.0 Å². The lowest BCUT2D eigenvalue weighted by molar-refractivity contribution is 0.586. The molecule has 0 aliphatic carbocycles. The van der Waals surface area contributed by atoms with E-state index in [9.17, 15) is 8.42 Å². The molecule has 3 rings (SSSR count). The van der Waals surface area contributed by atoms with Crippen LogP contribution in [-0.2, 0) is 16.3 Å². The normalized spacial score (nSPS) is 18.6. The molecule has 1 fully saturated rings. The number of pyridine rings is 1. The summed E-state index contributed by atoms with van der Waals surface area (Å²) in [5.74, 6) is 1.58. The fourth-order valence-electron chi connectivity index (χ4n) is 2.76. The summed E-state index contributed by atoms with van der Waals surface area (Å²) in [5.41, 5.74) is 2.29. The van der Waals surface area contributed by atoms with Gasteiger partial charge in [0.15, 0.2) is 9.84 Å². The third-order valence-corrected chi connectivity index (χ3v) is 5.77. The third-order valence-electron chi connectivity index (χ3n) is 4.16. The molecule has 0 amide bonds. The average Bonchev–Trinajstić information content (AvgIpc) is 2.56. The Morgan fingerprint density at radius 3 is 2.61 bits per heavy atom. The Morgan fingerprint density at radius 1 is 1.22 bits per heavy atom. The molecule has 0 saturated carbocycles. The van der Waals surface area contributed by atoms with Gasteiger partial charge >= 0.3 is 0 Å². The smallest absolute Gasteiger partial charge is 0.153 e. The van der Waals surface area contributed by atoms with Gasteiger partial charge in [-0.15, -0.1) is 0 Å². The zero-order valence-electron chi connectivity index (χ0n) is 13.1. The van der Waals surface area contributed by atoms with Gasteiger partial charge in [0, 0.05) is 31.7 Å². The molecule has 0 unspecified atom stereocenters. The van der Waals surface area contributed by atoms with Crippen LogP contribution >= 0.6 is 0 Å². The van der Waals surface area contributed by atoms with Crippen molar-refractivity contribution in [2.45, 2.75) is 19.3 Å². The molecule has 3 heterocycles. The van der Waals surface area contributed by atoms with Gasteiger partial charge in [-0.1, -0.05) is 6.92 Å². The summed E-state index contributed by atoms with van der Waals surface area (Å²) in [4.78, 5) is 14.5. The van der Waals surface area contributed by atoms with E-state index in [1.165, 1.54) is 11.9 Å². The van der Waals surface area contributed by atoms with Crippen LogP contribution in [0.2, 0.25) is 0 Å². The summed E-state index contributed by atoms with van der Waals surface area (Å²) in [6, 6.07) is 4.07. The summed E-state index contributed by atoms with van der Waals surface area (Å²) in [5, 5.41) is 0. The largest absolute Gasteiger partial charge is 0.355 e. The summed E-state index contributed by atoms with van der Waals surface area (Å²) < 4.78 is 23.1. The van der Waals surface area contributed by atoms with Crippen LogP contribution in [0.15, 0.2) is 37.1 Å². The van der Waals surface area contributed by atoms with E-state index in [2.05, 4.69) is 27.9 Å². The predicted octanol–water partition coefficient (Wildman–Crippen LogP) is 1.45. The van der Waals surface area contributed by atoms with Crippen molar-refractivity contribution < 1.29 is 8.42 Å². The molecule has 122 valence electrons. The molecule has 1 saturated heterocycles. The van der Waals surface area contributed by atoms with Crippen molar-refractivity contribution in [1.82, 2.24) is 15.0 Å². The van der Waals surface area contributed by atoms with Gasteiger partial charge in [0.1, 0.15) is 12.1 Å². The van der Waals surface area contributed by atoms with Crippen molar-refractivity contribution in [3.63, 3.8) is 0 Å². The maximum atomic E-state index is 11.5. The summed E-state index contributed by atoms with van der Waals surface area (Å²) in [6.45, 7) is 3.19. The Bertz CT molecular complexity index is 751. The van der Waals surface area contributed by atoms with E-state index in [-0.39, 0.29) is 11.5 Å². The Balaban J connectivity index is 1.72. The molecule has 1 aliphatic heterocycles. The highest BCUT2D eigenvalue weighted by atomic mass is 32.2. The van der Waals surface area contributed by atoms with Crippen LogP contribution in [0.1, 0.15) is 24.0 Å². The fraction of sp³-hybridized carbons (Fsp3) is 0.438. The lowest BCUT2D eigenvalue weighted by atomic mass is 9.95. The zero-order valence-corrected chi connectivity index (χ0v) is 13.9. The van der Waals surface area contributed by atoms with Crippen molar-refractivity contribution in [2.24, 2.45) is 0 Å². The second-order valence-electron chi connectivity index (χ2n) is 5.94. The van der Waals surface area contributed by atoms with Crippen molar-refractivity contribution >= 4 is 15.7 Å². The van der Waals surface area contributed by atoms with Gasteiger partial charge in [-0.05, 0) is 35.6 Å². The second kappa shape index (κ2) is 6.62. The highest BCUT2D eigenvalue weighted by molar-refractivity contribution is 7.91. The molecular formula is C16H20N4O2S. The third kappa shape index (κ3) is 4.04. The van der Waals surface area contributed by atoms with E-state index < -0.39 is 9.84 Å². The van der Waals surface area contributed by atoms with E-state index in [1.807, 2.05) is 23.4 Å². The number of anilines is 1. The molecule has 23 heavy (non-hydrogen) atoms. The van der Waals surface area contributed by atoms with Crippen LogP contribution in [0, 0.1) is 0 Å². The van der Waals surface area contributed by atoms with E-state index >= 15 is 0 Å². The van der Waals surface area contributed by atoms with Gasteiger partial charge in [0.05, 0.1) is 11.5 Å². The second-order valence-corrected chi connectivity index (χ2v) is 8.24. The zero-order chi connectivity index (χ0) is 16.3. The molecular weight excluding hydrogens is 312 g/mol. The molecule has 1 atom stereocenters. The first-order chi connectivity index (χ1) is 11.0. The van der Waals surface area contributed by atoms with Crippen LogP contribution in [0.3, 0.4) is 0 Å². The molecule has 2 aromatic heterocycles. The molecule has 1 aliphatic rings. The quantitative estimate of drug-likeness (QED) is 0.843. The van der Waals surface area contributed by atoms with Crippen LogP contribution in [0.5, 0.6) is 0 Å². The van der Waals surface area contributed by atoms with Crippen LogP contribution in [0.25, 0.3) is 0 Å². The fourth-order valence-corrected chi connectivity index (χ4v) is 3.96. The van der Waals surface area contributed by atoms with Gasteiger partial charge in [-0.3, -0.25) is 0 Å². The predicted molar refractivity (Wildman–Crippen MR) is 89.3 cm³/mol. The SMILES string of the molecule is C[C@@H](Cc1cncnc1)c1ccnc(N2CCS(=O)(=O)CC2)c1. The van der Waals surface area contributed by atoms with E-state index in [0.29, 0.717) is 19.0 Å². The molecule has 6 nitrogen and oxygen atoms in total. The lowest BCUT2D eigenvalue weighted by Crippen LogP contribution is -2.40. The topological polar surface area (TPSA) is 76.1 Å². The minimum Gasteiger partial charge on any atom is -0.355 e. The Morgan fingerprint density at radius 2 is 1.91 bits per heavy atom. The van der Waals surface area contributed by atoms with Gasteiger partial charge in [-0.2, -0.15) is 0 Å². The number of sulfone groups is 1. The molecule has 0 N–H and O–H groups in total. The van der Waals surface area contributed by atoms with E-state index in [0.717, 1.165) is 17.8 Å². The Kier molecular flexibility index (Phi) is 4.56. The highest BCUT2D eigenvalue weighted by Gasteiger charge is 2.22. The first-order valence-electron chi connectivity index (χ1n) is 7.69. The minimum atomic E-state index is -2.87. The maximum absolute atomic E-state index is 11.5. The first-order valence-corrected chi connectivity index (χ1v) is 9.51. The Labute approximate surface area is 136 Å². The molecule has 0 spiro atoms. The van der Waals surface area contributed by atoms with Crippen LogP contribution < -0.4 is 4.90 Å². The number of hydrogen-bond donors (Lipinski definition) is 0. The van der Waals surface area contributed by atoms with Gasteiger partial charge in [-0.25, -0.2) is 23.4 Å². The van der Waals surface area contributed by atoms with Crippen molar-refractivity contribution in [3.8, 4) is 0 Å². The molecule has 0 aromatic carbocycles. The summed E-state index contributed by atoms with van der Waals surface area (Å²) in [6.07, 6.45) is 7.86. The summed E-state index contributed by atoms with van der Waals surface area (Å²) in [7, 11) is -2.87. The molecule has 7 heteroatoms. The number of aromatic nitrogens is 3. The van der Waals surface area contributed by atoms with Gasteiger partial charge in [0.2, 0.25) is 0 Å². The molecule has 0 bridgehead atoms. The maximum Gasteiger partial charge on any atom is 0.153 e. The van der Waals surface area contributed by atoms with E-state index in [4.69, 9.17) is 0 Å². The average molecular weight is 332 g/mol. The lowest BCUT2D eigenvalue weighted by Gasteiger charge is -2.28. The molecule has 2 aromatic rings. The van der Waals surface area contributed by atoms with Crippen LogP contribution in [0.4, 0.5) is 5.82 Å². The minimum absolute atomic E-state index is 0.204. The van der Waals surface area contributed by atoms with Crippen molar-refractivity contribution in [1.29, 1.82) is 0 Å². The van der Waals surface area contributed by atoms with Crippen molar-refractivity contribution in [2.75, 3.05) is 29.5 Å². The Hall–Kier alpha value is -2.02. The van der Waals surface area contributed by atoms with Gasteiger partial charge < -0.3 is 4.90 Å².